The molecule has 7 heteroatoms. The Hall–Kier alpha value is -1.89. The second-order valence-electron chi connectivity index (χ2n) is 15.8. The number of allylic oxidation sites excluding steroid dienone is 1. The van der Waals surface area contributed by atoms with Gasteiger partial charge in [0, 0.05) is 19.3 Å². The Morgan fingerprint density at radius 1 is 0.592 bits per heavy atom. The lowest BCUT2D eigenvalue weighted by molar-refractivity contribution is -0.150. The molecule has 2 unspecified atom stereocenters. The molecule has 0 aliphatic carbocycles. The second-order valence-corrected chi connectivity index (χ2v) is 15.8. The number of esters is 3. The summed E-state index contributed by atoms with van der Waals surface area (Å²) in [5, 5.41) is 0. The van der Waals surface area contributed by atoms with Crippen molar-refractivity contribution in [3.63, 3.8) is 0 Å². The Labute approximate surface area is 303 Å². The molecule has 0 spiro atoms. The van der Waals surface area contributed by atoms with Crippen LogP contribution in [0, 0.1) is 23.7 Å². The smallest absolute Gasteiger partial charge is 0.310 e. The molecule has 0 fully saturated rings. The normalized spacial score (nSPS) is 13.4. The minimum absolute atomic E-state index is 0.0309. The summed E-state index contributed by atoms with van der Waals surface area (Å²) < 4.78 is 17.0. The minimum Gasteiger partial charge on any atom is -0.465 e. The molecule has 288 valence electrons. The standard InChI is InChI=1S/C42H79NO6/c1-10-37(29-27-34(2)3)32-47-40(44)24-19-15-11-13-17-22-39(49-42(46)26-21-31-43(8)9)23-18-14-12-16-20-25-41(45)48-33-38(36(6)7)30-28-35(4)5/h33-37,39H,10-32H2,1-9H3/b38-33-. The summed E-state index contributed by atoms with van der Waals surface area (Å²) in [6.07, 6.45) is 21.2. The van der Waals surface area contributed by atoms with E-state index in [4.69, 9.17) is 14.2 Å². The van der Waals surface area contributed by atoms with Crippen molar-refractivity contribution in [1.29, 1.82) is 0 Å². The van der Waals surface area contributed by atoms with Gasteiger partial charge in [0.2, 0.25) is 0 Å². The highest BCUT2D eigenvalue weighted by Gasteiger charge is 2.15. The molecular weight excluding hydrogens is 614 g/mol. The van der Waals surface area contributed by atoms with E-state index in [2.05, 4.69) is 53.4 Å². The molecular formula is C42H79NO6. The van der Waals surface area contributed by atoms with Crippen LogP contribution in [0.15, 0.2) is 11.8 Å². The summed E-state index contributed by atoms with van der Waals surface area (Å²) in [7, 11) is 4.04. The van der Waals surface area contributed by atoms with Gasteiger partial charge < -0.3 is 19.1 Å². The van der Waals surface area contributed by atoms with E-state index >= 15 is 0 Å². The van der Waals surface area contributed by atoms with Crippen molar-refractivity contribution in [3.8, 4) is 0 Å². The summed E-state index contributed by atoms with van der Waals surface area (Å²) in [6, 6.07) is 0. The number of hydrogen-bond donors (Lipinski definition) is 0. The maximum absolute atomic E-state index is 12.6. The van der Waals surface area contributed by atoms with Crippen LogP contribution in [0.2, 0.25) is 0 Å². The fourth-order valence-electron chi connectivity index (χ4n) is 5.79. The topological polar surface area (TPSA) is 82.1 Å². The van der Waals surface area contributed by atoms with Crippen molar-refractivity contribution in [2.45, 2.75) is 189 Å². The molecule has 0 rings (SSSR count). The van der Waals surface area contributed by atoms with Gasteiger partial charge in [-0.15, -0.1) is 0 Å². The van der Waals surface area contributed by atoms with Crippen LogP contribution in [0.1, 0.15) is 183 Å². The number of nitrogens with zero attached hydrogens (tertiary/aromatic N) is 1. The Balaban J connectivity index is 4.38. The molecule has 0 aliphatic rings. The van der Waals surface area contributed by atoms with Gasteiger partial charge in [0.1, 0.15) is 6.10 Å². The summed E-state index contributed by atoms with van der Waals surface area (Å²) in [6.45, 7) is 16.8. The predicted octanol–water partition coefficient (Wildman–Crippen LogP) is 11.2. The van der Waals surface area contributed by atoms with E-state index < -0.39 is 0 Å². The van der Waals surface area contributed by atoms with Gasteiger partial charge in [-0.3, -0.25) is 14.4 Å². The highest BCUT2D eigenvalue weighted by Crippen LogP contribution is 2.21. The van der Waals surface area contributed by atoms with Crippen molar-refractivity contribution in [3.05, 3.63) is 11.8 Å². The number of ether oxygens (including phenoxy) is 3. The summed E-state index contributed by atoms with van der Waals surface area (Å²) in [4.78, 5) is 39.1. The third-order valence-electron chi connectivity index (χ3n) is 9.40. The average molecular weight is 694 g/mol. The number of rotatable bonds is 32. The van der Waals surface area contributed by atoms with E-state index in [1.165, 1.54) is 12.0 Å². The first kappa shape index (κ1) is 47.1. The molecule has 2 atom stereocenters. The maximum atomic E-state index is 12.6. The molecule has 0 heterocycles. The van der Waals surface area contributed by atoms with Gasteiger partial charge in [0.05, 0.1) is 12.9 Å². The molecule has 0 radical (unpaired) electrons. The van der Waals surface area contributed by atoms with Crippen molar-refractivity contribution >= 4 is 17.9 Å². The SMILES string of the molecule is CCC(CCC(C)C)COC(=O)CCCCCCCC(CCCCCCCC(=O)O/C=C(/CCC(C)C)C(C)C)OC(=O)CCCN(C)C. The fraction of sp³-hybridized carbons (Fsp3) is 0.881. The van der Waals surface area contributed by atoms with Crippen LogP contribution in [0.3, 0.4) is 0 Å². The fourth-order valence-corrected chi connectivity index (χ4v) is 5.79. The summed E-state index contributed by atoms with van der Waals surface area (Å²) >= 11 is 0. The highest BCUT2D eigenvalue weighted by atomic mass is 16.5. The van der Waals surface area contributed by atoms with Crippen molar-refractivity contribution < 1.29 is 28.6 Å². The van der Waals surface area contributed by atoms with Gasteiger partial charge >= 0.3 is 17.9 Å². The maximum Gasteiger partial charge on any atom is 0.310 e. The molecule has 0 aromatic rings. The summed E-state index contributed by atoms with van der Waals surface area (Å²) in [5.41, 5.74) is 1.21. The molecule has 0 saturated heterocycles. The highest BCUT2D eigenvalue weighted by molar-refractivity contribution is 5.70. The zero-order valence-electron chi connectivity index (χ0n) is 33.6. The molecule has 7 nitrogen and oxygen atoms in total. The van der Waals surface area contributed by atoms with E-state index in [9.17, 15) is 14.4 Å². The van der Waals surface area contributed by atoms with Crippen molar-refractivity contribution in [2.24, 2.45) is 23.7 Å². The van der Waals surface area contributed by atoms with Gasteiger partial charge in [0.25, 0.3) is 0 Å². The first-order valence-corrected chi connectivity index (χ1v) is 20.2. The van der Waals surface area contributed by atoms with Crippen LogP contribution >= 0.6 is 0 Å². The molecule has 0 amide bonds. The van der Waals surface area contributed by atoms with Crippen LogP contribution in [0.25, 0.3) is 0 Å². The van der Waals surface area contributed by atoms with Crippen molar-refractivity contribution in [1.82, 2.24) is 4.90 Å². The zero-order valence-corrected chi connectivity index (χ0v) is 33.6. The zero-order chi connectivity index (χ0) is 36.9. The predicted molar refractivity (Wildman–Crippen MR) is 204 cm³/mol. The Morgan fingerprint density at radius 2 is 1.12 bits per heavy atom. The van der Waals surface area contributed by atoms with E-state index in [0.29, 0.717) is 49.5 Å². The van der Waals surface area contributed by atoms with Gasteiger partial charge in [-0.05, 0) is 114 Å². The van der Waals surface area contributed by atoms with Gasteiger partial charge in [-0.25, -0.2) is 0 Å². The first-order chi connectivity index (χ1) is 23.3. The van der Waals surface area contributed by atoms with Crippen LogP contribution in [-0.4, -0.2) is 56.2 Å². The number of carbonyl (C=O) groups excluding carboxylic acids is 3. The number of carbonyl (C=O) groups is 3. The lowest BCUT2D eigenvalue weighted by atomic mass is 9.96. The van der Waals surface area contributed by atoms with Gasteiger partial charge in [0.15, 0.2) is 0 Å². The Bertz CT molecular complexity index is 865. The molecule has 0 aromatic carbocycles. The monoisotopic (exact) mass is 694 g/mol. The van der Waals surface area contributed by atoms with Crippen LogP contribution < -0.4 is 0 Å². The molecule has 0 aromatic heterocycles. The molecule has 0 N–H and O–H groups in total. The van der Waals surface area contributed by atoms with Crippen LogP contribution in [0.4, 0.5) is 0 Å². The molecule has 49 heavy (non-hydrogen) atoms. The quantitative estimate of drug-likeness (QED) is 0.0300. The van der Waals surface area contributed by atoms with Gasteiger partial charge in [-0.1, -0.05) is 99.8 Å². The van der Waals surface area contributed by atoms with Gasteiger partial charge in [-0.2, -0.15) is 0 Å². The Morgan fingerprint density at radius 3 is 1.65 bits per heavy atom. The molecule has 0 aliphatic heterocycles. The third kappa shape index (κ3) is 30.6. The van der Waals surface area contributed by atoms with Crippen LogP contribution in [0.5, 0.6) is 0 Å². The van der Waals surface area contributed by atoms with E-state index in [1.54, 1.807) is 6.26 Å². The lowest BCUT2D eigenvalue weighted by Crippen LogP contribution is -2.20. The van der Waals surface area contributed by atoms with Crippen LogP contribution in [-0.2, 0) is 28.6 Å². The first-order valence-electron chi connectivity index (χ1n) is 20.2. The summed E-state index contributed by atoms with van der Waals surface area (Å²) in [5.74, 6) is 1.90. The Kier molecular flexibility index (Phi) is 29.7. The van der Waals surface area contributed by atoms with E-state index in [1.807, 2.05) is 14.1 Å². The molecule has 0 bridgehead atoms. The third-order valence-corrected chi connectivity index (χ3v) is 9.40. The van der Waals surface area contributed by atoms with Crippen molar-refractivity contribution in [2.75, 3.05) is 27.2 Å². The average Bonchev–Trinajstić information content (AvgIpc) is 3.02. The second kappa shape index (κ2) is 30.9. The van der Waals surface area contributed by atoms with E-state index in [0.717, 1.165) is 116 Å². The number of unbranched alkanes of at least 4 members (excludes halogenated alkanes) is 8. The minimum atomic E-state index is -0.137. The largest absolute Gasteiger partial charge is 0.465 e. The number of hydrogen-bond acceptors (Lipinski definition) is 7. The molecule has 0 saturated carbocycles. The lowest BCUT2D eigenvalue weighted by Gasteiger charge is -2.18. The van der Waals surface area contributed by atoms with E-state index in [-0.39, 0.29) is 24.0 Å².